The van der Waals surface area contributed by atoms with E-state index in [9.17, 15) is 4.79 Å². The minimum atomic E-state index is 0.318. The number of amides is 1. The molecule has 0 fully saturated rings. The monoisotopic (exact) mass is 230 g/mol. The molecule has 2 aromatic heterocycles. The van der Waals surface area contributed by atoms with Crippen molar-refractivity contribution in [3.63, 3.8) is 0 Å². The van der Waals surface area contributed by atoms with Crippen LogP contribution in [0.15, 0.2) is 30.6 Å². The number of methoxy groups -OCH3 is 1. The van der Waals surface area contributed by atoms with Crippen LogP contribution in [0.25, 0.3) is 11.5 Å². The molecule has 0 bridgehead atoms. The highest BCUT2D eigenvalue weighted by Gasteiger charge is 2.08. The van der Waals surface area contributed by atoms with E-state index in [2.05, 4.69) is 20.3 Å². The van der Waals surface area contributed by atoms with Gasteiger partial charge in [0.2, 0.25) is 6.41 Å². The molecule has 17 heavy (non-hydrogen) atoms. The summed E-state index contributed by atoms with van der Waals surface area (Å²) in [6, 6.07) is 5.42. The third-order valence-electron chi connectivity index (χ3n) is 2.06. The number of nitrogens with one attached hydrogen (secondary N) is 1. The van der Waals surface area contributed by atoms with Gasteiger partial charge in [-0.15, -0.1) is 0 Å². The highest BCUT2D eigenvalue weighted by molar-refractivity contribution is 5.73. The average Bonchev–Trinajstić information content (AvgIpc) is 2.40. The number of aromatic nitrogens is 3. The molecule has 1 amide bonds. The van der Waals surface area contributed by atoms with Gasteiger partial charge in [0.15, 0.2) is 17.4 Å². The summed E-state index contributed by atoms with van der Waals surface area (Å²) in [6.45, 7) is 0. The van der Waals surface area contributed by atoms with Crippen molar-refractivity contribution in [1.82, 2.24) is 15.0 Å². The van der Waals surface area contributed by atoms with Crippen molar-refractivity contribution in [2.45, 2.75) is 0 Å². The normalized spacial score (nSPS) is 9.71. The number of hydrogen-bond acceptors (Lipinski definition) is 5. The summed E-state index contributed by atoms with van der Waals surface area (Å²) < 4.78 is 5.02. The van der Waals surface area contributed by atoms with Crippen LogP contribution in [0.4, 0.5) is 5.82 Å². The van der Waals surface area contributed by atoms with Crippen LogP contribution < -0.4 is 10.1 Å². The first-order valence-corrected chi connectivity index (χ1v) is 4.87. The number of nitrogens with zero attached hydrogens (tertiary/aromatic N) is 3. The van der Waals surface area contributed by atoms with Crippen molar-refractivity contribution in [1.29, 1.82) is 0 Å². The molecule has 2 heterocycles. The van der Waals surface area contributed by atoms with E-state index in [1.54, 1.807) is 18.3 Å². The van der Waals surface area contributed by atoms with E-state index in [1.807, 2.05) is 6.07 Å². The Kier molecular flexibility index (Phi) is 3.25. The Bertz CT molecular complexity index is 516. The molecule has 6 nitrogen and oxygen atoms in total. The molecule has 0 radical (unpaired) electrons. The minimum Gasteiger partial charge on any atom is -0.491 e. The van der Waals surface area contributed by atoms with Crippen LogP contribution in [0, 0.1) is 0 Å². The van der Waals surface area contributed by atoms with Crippen LogP contribution in [0.1, 0.15) is 0 Å². The summed E-state index contributed by atoms with van der Waals surface area (Å²) in [5, 5.41) is 2.45. The van der Waals surface area contributed by atoms with E-state index in [-0.39, 0.29) is 0 Å². The van der Waals surface area contributed by atoms with Gasteiger partial charge in [0, 0.05) is 6.20 Å². The number of carbonyl (C=O) groups is 1. The molecule has 2 aromatic rings. The molecular formula is C11H10N4O2. The number of ether oxygens (including phenoxy) is 1. The van der Waals surface area contributed by atoms with E-state index in [0.717, 1.165) is 0 Å². The fourth-order valence-electron chi connectivity index (χ4n) is 1.30. The van der Waals surface area contributed by atoms with Crippen molar-refractivity contribution in [2.75, 3.05) is 12.4 Å². The van der Waals surface area contributed by atoms with Crippen LogP contribution in [-0.4, -0.2) is 28.5 Å². The van der Waals surface area contributed by atoms with Crippen molar-refractivity contribution in [2.24, 2.45) is 0 Å². The summed E-state index contributed by atoms with van der Waals surface area (Å²) in [6.07, 6.45) is 3.67. The molecular weight excluding hydrogens is 220 g/mol. The lowest BCUT2D eigenvalue weighted by atomic mass is 10.3. The van der Waals surface area contributed by atoms with Crippen molar-refractivity contribution < 1.29 is 9.53 Å². The zero-order chi connectivity index (χ0) is 12.1. The molecule has 6 heteroatoms. The lowest BCUT2D eigenvalue weighted by Crippen LogP contribution is -2.03. The maximum Gasteiger partial charge on any atom is 0.212 e. The average molecular weight is 230 g/mol. The summed E-state index contributed by atoms with van der Waals surface area (Å²) in [7, 11) is 1.48. The molecule has 1 N–H and O–H groups in total. The smallest absolute Gasteiger partial charge is 0.212 e. The zero-order valence-corrected chi connectivity index (χ0v) is 9.12. The minimum absolute atomic E-state index is 0.318. The highest BCUT2D eigenvalue weighted by Crippen LogP contribution is 2.22. The number of pyridine rings is 1. The Morgan fingerprint density at radius 2 is 2.24 bits per heavy atom. The molecule has 0 atom stereocenters. The standard InChI is InChI=1S/C11H10N4O2/c1-17-9-6-13-10(15-11(9)14-7-16)8-4-2-3-5-12-8/h2-7H,1H3,(H,13,14,15,16). The Morgan fingerprint density at radius 1 is 1.35 bits per heavy atom. The SMILES string of the molecule is COc1cnc(-c2ccccn2)nc1NC=O. The van der Waals surface area contributed by atoms with Crippen molar-refractivity contribution in [3.8, 4) is 17.3 Å². The molecule has 0 saturated heterocycles. The predicted octanol–water partition coefficient (Wildman–Crippen LogP) is 1.12. The van der Waals surface area contributed by atoms with Gasteiger partial charge in [0.05, 0.1) is 13.3 Å². The van der Waals surface area contributed by atoms with Gasteiger partial charge in [-0.3, -0.25) is 9.78 Å². The van der Waals surface area contributed by atoms with Gasteiger partial charge in [-0.1, -0.05) is 6.07 Å². The second-order valence-corrected chi connectivity index (χ2v) is 3.09. The first kappa shape index (κ1) is 11.0. The fraction of sp³-hybridized carbons (Fsp3) is 0.0909. The summed E-state index contributed by atoms with van der Waals surface area (Å²) >= 11 is 0. The number of carbonyl (C=O) groups excluding carboxylic acids is 1. The van der Waals surface area contributed by atoms with E-state index in [1.165, 1.54) is 13.3 Å². The van der Waals surface area contributed by atoms with Crippen LogP contribution in [0.2, 0.25) is 0 Å². The van der Waals surface area contributed by atoms with Crippen LogP contribution >= 0.6 is 0 Å². The Morgan fingerprint density at radius 3 is 2.88 bits per heavy atom. The van der Waals surface area contributed by atoms with E-state index in [0.29, 0.717) is 29.5 Å². The molecule has 0 aromatic carbocycles. The molecule has 0 unspecified atom stereocenters. The molecule has 0 saturated carbocycles. The van der Waals surface area contributed by atoms with Crippen LogP contribution in [0.3, 0.4) is 0 Å². The lowest BCUT2D eigenvalue weighted by molar-refractivity contribution is -0.105. The largest absolute Gasteiger partial charge is 0.491 e. The second kappa shape index (κ2) is 5.02. The van der Waals surface area contributed by atoms with Gasteiger partial charge in [0.25, 0.3) is 0 Å². The third kappa shape index (κ3) is 2.36. The maximum absolute atomic E-state index is 10.4. The number of rotatable bonds is 4. The van der Waals surface area contributed by atoms with Crippen LogP contribution in [0.5, 0.6) is 5.75 Å². The molecule has 0 aliphatic carbocycles. The van der Waals surface area contributed by atoms with Gasteiger partial charge >= 0.3 is 0 Å². The lowest BCUT2D eigenvalue weighted by Gasteiger charge is -2.06. The summed E-state index contributed by atoms with van der Waals surface area (Å²) in [5.41, 5.74) is 0.629. The van der Waals surface area contributed by atoms with Crippen molar-refractivity contribution in [3.05, 3.63) is 30.6 Å². The Balaban J connectivity index is 2.43. The van der Waals surface area contributed by atoms with Gasteiger partial charge in [-0.25, -0.2) is 9.97 Å². The first-order valence-electron chi connectivity index (χ1n) is 4.87. The zero-order valence-electron chi connectivity index (χ0n) is 9.12. The Labute approximate surface area is 97.7 Å². The van der Waals surface area contributed by atoms with Gasteiger partial charge in [-0.05, 0) is 12.1 Å². The summed E-state index contributed by atoms with van der Waals surface area (Å²) in [4.78, 5) is 22.8. The van der Waals surface area contributed by atoms with E-state index >= 15 is 0 Å². The van der Waals surface area contributed by atoms with Crippen molar-refractivity contribution >= 4 is 12.2 Å². The van der Waals surface area contributed by atoms with E-state index < -0.39 is 0 Å². The predicted molar refractivity (Wildman–Crippen MR) is 61.5 cm³/mol. The maximum atomic E-state index is 10.4. The fourth-order valence-corrected chi connectivity index (χ4v) is 1.30. The molecule has 0 spiro atoms. The van der Waals surface area contributed by atoms with Crippen LogP contribution in [-0.2, 0) is 4.79 Å². The number of hydrogen-bond donors (Lipinski definition) is 1. The molecule has 0 aliphatic rings. The quantitative estimate of drug-likeness (QED) is 0.796. The number of anilines is 1. The first-order chi connectivity index (χ1) is 8.35. The third-order valence-corrected chi connectivity index (χ3v) is 2.06. The molecule has 2 rings (SSSR count). The topological polar surface area (TPSA) is 77.0 Å². The van der Waals surface area contributed by atoms with Gasteiger partial charge < -0.3 is 10.1 Å². The summed E-state index contributed by atoms with van der Waals surface area (Å²) in [5.74, 6) is 1.14. The molecule has 0 aliphatic heterocycles. The molecule has 86 valence electrons. The van der Waals surface area contributed by atoms with E-state index in [4.69, 9.17) is 4.74 Å². The Hall–Kier alpha value is -2.50. The van der Waals surface area contributed by atoms with Gasteiger partial charge in [-0.2, -0.15) is 0 Å². The highest BCUT2D eigenvalue weighted by atomic mass is 16.5. The van der Waals surface area contributed by atoms with Gasteiger partial charge in [0.1, 0.15) is 5.69 Å². The second-order valence-electron chi connectivity index (χ2n) is 3.09.